The summed E-state index contributed by atoms with van der Waals surface area (Å²) in [5.74, 6) is 0.261. The van der Waals surface area contributed by atoms with Gasteiger partial charge in [-0.15, -0.1) is 0 Å². The minimum absolute atomic E-state index is 0.106. The van der Waals surface area contributed by atoms with Crippen LogP contribution in [0, 0.1) is 0 Å². The van der Waals surface area contributed by atoms with Gasteiger partial charge in [-0.2, -0.15) is 0 Å². The Labute approximate surface area is 175 Å². The maximum absolute atomic E-state index is 12.0. The van der Waals surface area contributed by atoms with Crippen molar-refractivity contribution in [1.82, 2.24) is 5.32 Å². The molecule has 0 unspecified atom stereocenters. The first-order chi connectivity index (χ1) is 14.7. The van der Waals surface area contributed by atoms with Crippen LogP contribution in [0.4, 0.5) is 0 Å². The van der Waals surface area contributed by atoms with Crippen molar-refractivity contribution in [2.75, 3.05) is 26.4 Å². The van der Waals surface area contributed by atoms with Gasteiger partial charge in [0, 0.05) is 37.3 Å². The van der Waals surface area contributed by atoms with E-state index < -0.39 is 5.63 Å². The Morgan fingerprint density at radius 3 is 2.63 bits per heavy atom. The van der Waals surface area contributed by atoms with Gasteiger partial charge in [-0.05, 0) is 36.1 Å². The molecule has 158 valence electrons. The molecule has 0 fully saturated rings. The molecule has 0 saturated carbocycles. The maximum atomic E-state index is 12.0. The quantitative estimate of drug-likeness (QED) is 0.380. The SMILES string of the molecule is CCCCOCCCNC(=O)COc1ccc2c(-c3ccccc3)cc(=O)oc2c1. The van der Waals surface area contributed by atoms with E-state index in [-0.39, 0.29) is 12.5 Å². The molecule has 0 atom stereocenters. The van der Waals surface area contributed by atoms with E-state index >= 15 is 0 Å². The summed E-state index contributed by atoms with van der Waals surface area (Å²) in [6.45, 7) is 3.95. The molecule has 3 rings (SSSR count). The zero-order chi connectivity index (χ0) is 21.2. The number of carbonyl (C=O) groups is 1. The van der Waals surface area contributed by atoms with Crippen molar-refractivity contribution in [3.63, 3.8) is 0 Å². The van der Waals surface area contributed by atoms with Gasteiger partial charge >= 0.3 is 5.63 Å². The number of hydrogen-bond donors (Lipinski definition) is 1. The maximum Gasteiger partial charge on any atom is 0.336 e. The Morgan fingerprint density at radius 2 is 1.83 bits per heavy atom. The highest BCUT2D eigenvalue weighted by Gasteiger charge is 2.10. The molecule has 0 bridgehead atoms. The molecular formula is C24H27NO5. The molecule has 1 aromatic heterocycles. The Morgan fingerprint density at radius 1 is 1.03 bits per heavy atom. The van der Waals surface area contributed by atoms with E-state index in [4.69, 9.17) is 13.9 Å². The normalized spacial score (nSPS) is 10.8. The van der Waals surface area contributed by atoms with Crippen molar-refractivity contribution < 1.29 is 18.7 Å². The predicted molar refractivity (Wildman–Crippen MR) is 117 cm³/mol. The van der Waals surface area contributed by atoms with Crippen molar-refractivity contribution in [2.45, 2.75) is 26.2 Å². The van der Waals surface area contributed by atoms with Gasteiger partial charge < -0.3 is 19.2 Å². The molecule has 1 heterocycles. The smallest absolute Gasteiger partial charge is 0.336 e. The van der Waals surface area contributed by atoms with Crippen LogP contribution in [0.3, 0.4) is 0 Å². The average molecular weight is 409 g/mol. The standard InChI is InChI=1S/C24H27NO5/c1-2-3-13-28-14-7-12-25-23(26)17-29-19-10-11-20-21(18-8-5-4-6-9-18)16-24(27)30-22(20)15-19/h4-6,8-11,15-16H,2-3,7,12-14,17H2,1H3,(H,25,26). The zero-order valence-corrected chi connectivity index (χ0v) is 17.2. The first kappa shape index (κ1) is 21.6. The molecule has 1 N–H and O–H groups in total. The van der Waals surface area contributed by atoms with Gasteiger partial charge in [-0.3, -0.25) is 4.79 Å². The molecule has 0 aliphatic rings. The highest BCUT2D eigenvalue weighted by molar-refractivity contribution is 5.93. The van der Waals surface area contributed by atoms with E-state index in [0.29, 0.717) is 24.5 Å². The van der Waals surface area contributed by atoms with E-state index in [2.05, 4.69) is 12.2 Å². The van der Waals surface area contributed by atoms with Crippen molar-refractivity contribution >= 4 is 16.9 Å². The lowest BCUT2D eigenvalue weighted by molar-refractivity contribution is -0.123. The van der Waals surface area contributed by atoms with Gasteiger partial charge in [0.2, 0.25) is 0 Å². The summed E-state index contributed by atoms with van der Waals surface area (Å²) in [7, 11) is 0. The number of benzene rings is 2. The molecule has 3 aromatic rings. The van der Waals surface area contributed by atoms with Crippen LogP contribution in [0.5, 0.6) is 5.75 Å². The van der Waals surface area contributed by atoms with Crippen molar-refractivity contribution in [1.29, 1.82) is 0 Å². The van der Waals surface area contributed by atoms with Crippen LogP contribution in [0.2, 0.25) is 0 Å². The van der Waals surface area contributed by atoms with Crippen molar-refractivity contribution in [3.05, 3.63) is 65.0 Å². The summed E-state index contributed by atoms with van der Waals surface area (Å²) in [4.78, 5) is 24.0. The molecule has 0 saturated heterocycles. The second kappa shape index (κ2) is 11.2. The molecule has 0 aliphatic carbocycles. The van der Waals surface area contributed by atoms with Gasteiger partial charge in [-0.25, -0.2) is 4.79 Å². The number of unbranched alkanes of at least 4 members (excludes halogenated alkanes) is 1. The summed E-state index contributed by atoms with van der Waals surface area (Å²) < 4.78 is 16.4. The first-order valence-electron chi connectivity index (χ1n) is 10.3. The number of rotatable bonds is 11. The molecule has 6 nitrogen and oxygen atoms in total. The monoisotopic (exact) mass is 409 g/mol. The third-order valence-electron chi connectivity index (χ3n) is 4.60. The molecule has 0 spiro atoms. The molecule has 30 heavy (non-hydrogen) atoms. The Hall–Kier alpha value is -3.12. The Kier molecular flexibility index (Phi) is 8.03. The second-order valence-corrected chi connectivity index (χ2v) is 6.96. The van der Waals surface area contributed by atoms with Crippen LogP contribution >= 0.6 is 0 Å². The van der Waals surface area contributed by atoms with Gasteiger partial charge in [-0.1, -0.05) is 43.7 Å². The van der Waals surface area contributed by atoms with Crippen LogP contribution in [0.15, 0.2) is 63.8 Å². The summed E-state index contributed by atoms with van der Waals surface area (Å²) in [6, 6.07) is 16.4. The number of hydrogen-bond acceptors (Lipinski definition) is 5. The van der Waals surface area contributed by atoms with Crippen LogP contribution < -0.4 is 15.7 Å². The number of amides is 1. The lowest BCUT2D eigenvalue weighted by atomic mass is 10.0. The lowest BCUT2D eigenvalue weighted by Crippen LogP contribution is -2.30. The van der Waals surface area contributed by atoms with E-state index in [1.165, 1.54) is 6.07 Å². The average Bonchev–Trinajstić information content (AvgIpc) is 2.77. The van der Waals surface area contributed by atoms with Crippen LogP contribution in [0.25, 0.3) is 22.1 Å². The summed E-state index contributed by atoms with van der Waals surface area (Å²) in [6.07, 6.45) is 2.93. The van der Waals surface area contributed by atoms with E-state index in [1.54, 1.807) is 12.1 Å². The minimum atomic E-state index is -0.433. The summed E-state index contributed by atoms with van der Waals surface area (Å²) >= 11 is 0. The molecular weight excluding hydrogens is 382 g/mol. The molecule has 0 aliphatic heterocycles. The van der Waals surface area contributed by atoms with Crippen LogP contribution in [0.1, 0.15) is 26.2 Å². The zero-order valence-electron chi connectivity index (χ0n) is 17.2. The van der Waals surface area contributed by atoms with Crippen molar-refractivity contribution in [2.24, 2.45) is 0 Å². The first-order valence-corrected chi connectivity index (χ1v) is 10.3. The minimum Gasteiger partial charge on any atom is -0.484 e. The molecule has 2 aromatic carbocycles. The topological polar surface area (TPSA) is 77.8 Å². The fourth-order valence-electron chi connectivity index (χ4n) is 3.04. The van der Waals surface area contributed by atoms with Crippen molar-refractivity contribution in [3.8, 4) is 16.9 Å². The largest absolute Gasteiger partial charge is 0.484 e. The fraction of sp³-hybridized carbons (Fsp3) is 0.333. The van der Waals surface area contributed by atoms with E-state index in [9.17, 15) is 9.59 Å². The van der Waals surface area contributed by atoms with Gasteiger partial charge in [0.15, 0.2) is 6.61 Å². The molecule has 1 amide bonds. The Balaban J connectivity index is 1.56. The molecule has 6 heteroatoms. The Bertz CT molecular complexity index is 1010. The fourth-order valence-corrected chi connectivity index (χ4v) is 3.04. The third-order valence-corrected chi connectivity index (χ3v) is 4.60. The highest BCUT2D eigenvalue weighted by atomic mass is 16.5. The van der Waals surface area contributed by atoms with Crippen LogP contribution in [-0.2, 0) is 9.53 Å². The van der Waals surface area contributed by atoms with Gasteiger partial charge in [0.1, 0.15) is 11.3 Å². The number of fused-ring (bicyclic) bond motifs is 1. The lowest BCUT2D eigenvalue weighted by Gasteiger charge is -2.10. The molecule has 0 radical (unpaired) electrons. The number of ether oxygens (including phenoxy) is 2. The van der Waals surface area contributed by atoms with Gasteiger partial charge in [0.25, 0.3) is 5.91 Å². The second-order valence-electron chi connectivity index (χ2n) is 6.96. The van der Waals surface area contributed by atoms with Gasteiger partial charge in [0.05, 0.1) is 0 Å². The summed E-state index contributed by atoms with van der Waals surface area (Å²) in [5.41, 5.74) is 1.72. The van der Waals surface area contributed by atoms with Crippen LogP contribution in [-0.4, -0.2) is 32.3 Å². The number of carbonyl (C=O) groups excluding carboxylic acids is 1. The van der Waals surface area contributed by atoms with E-state index in [0.717, 1.165) is 42.4 Å². The summed E-state index contributed by atoms with van der Waals surface area (Å²) in [5, 5.41) is 3.61. The highest BCUT2D eigenvalue weighted by Crippen LogP contribution is 2.29. The predicted octanol–water partition coefficient (Wildman–Crippen LogP) is 4.16. The third kappa shape index (κ3) is 6.19. The van der Waals surface area contributed by atoms with E-state index in [1.807, 2.05) is 36.4 Å². The number of nitrogens with one attached hydrogen (secondary N) is 1.